The van der Waals surface area contributed by atoms with E-state index in [2.05, 4.69) is 6.92 Å². The van der Waals surface area contributed by atoms with Crippen LogP contribution in [0.4, 0.5) is 0 Å². The molecule has 0 aromatic rings. The fraction of sp³-hybridized carbons (Fsp3) is 1.00. The summed E-state index contributed by atoms with van der Waals surface area (Å²) < 4.78 is 11.4. The fourth-order valence-electron chi connectivity index (χ4n) is 2.72. The highest BCUT2D eigenvalue weighted by Gasteiger charge is 2.27. The molecule has 16 heavy (non-hydrogen) atoms. The van der Waals surface area contributed by atoms with E-state index in [4.69, 9.17) is 15.2 Å². The van der Waals surface area contributed by atoms with Crippen molar-refractivity contribution >= 4 is 0 Å². The van der Waals surface area contributed by atoms with Crippen LogP contribution in [0.2, 0.25) is 0 Å². The Morgan fingerprint density at radius 2 is 1.94 bits per heavy atom. The summed E-state index contributed by atoms with van der Waals surface area (Å²) in [6, 6.07) is 0.260. The summed E-state index contributed by atoms with van der Waals surface area (Å²) in [6.07, 6.45) is 6.13. The Labute approximate surface area is 98.7 Å². The Morgan fingerprint density at radius 3 is 2.69 bits per heavy atom. The molecule has 1 aliphatic carbocycles. The van der Waals surface area contributed by atoms with E-state index in [9.17, 15) is 0 Å². The zero-order valence-corrected chi connectivity index (χ0v) is 10.4. The zero-order valence-electron chi connectivity index (χ0n) is 10.4. The van der Waals surface area contributed by atoms with Gasteiger partial charge in [-0.05, 0) is 43.9 Å². The standard InChI is InChI=1S/C13H25NO2/c1-10-2-3-12(14)13(8-10)16-9-11-4-6-15-7-5-11/h10-13H,2-9,14H2,1H3. The zero-order chi connectivity index (χ0) is 11.4. The van der Waals surface area contributed by atoms with Gasteiger partial charge in [-0.2, -0.15) is 0 Å². The van der Waals surface area contributed by atoms with E-state index in [-0.39, 0.29) is 6.04 Å². The Bertz CT molecular complexity index is 204. The molecule has 1 saturated heterocycles. The van der Waals surface area contributed by atoms with E-state index < -0.39 is 0 Å². The van der Waals surface area contributed by atoms with E-state index in [0.717, 1.165) is 51.4 Å². The molecule has 0 radical (unpaired) electrons. The molecule has 3 heteroatoms. The van der Waals surface area contributed by atoms with Gasteiger partial charge in [-0.1, -0.05) is 6.92 Å². The van der Waals surface area contributed by atoms with Crippen molar-refractivity contribution in [3.63, 3.8) is 0 Å². The SMILES string of the molecule is CC1CCC(N)C(OCC2CCOCC2)C1. The first-order valence-electron chi connectivity index (χ1n) is 6.70. The van der Waals surface area contributed by atoms with Crippen LogP contribution < -0.4 is 5.73 Å². The topological polar surface area (TPSA) is 44.5 Å². The predicted molar refractivity (Wildman–Crippen MR) is 64.3 cm³/mol. The first-order chi connectivity index (χ1) is 7.75. The predicted octanol–water partition coefficient (Wildman–Crippen LogP) is 1.95. The molecule has 3 unspecified atom stereocenters. The average Bonchev–Trinajstić information content (AvgIpc) is 2.32. The molecule has 0 bridgehead atoms. The molecule has 2 fully saturated rings. The van der Waals surface area contributed by atoms with E-state index >= 15 is 0 Å². The van der Waals surface area contributed by atoms with Gasteiger partial charge in [-0.3, -0.25) is 0 Å². The molecule has 1 saturated carbocycles. The molecule has 0 spiro atoms. The third kappa shape index (κ3) is 3.44. The molecule has 0 amide bonds. The van der Waals surface area contributed by atoms with Gasteiger partial charge in [0.15, 0.2) is 0 Å². The lowest BCUT2D eigenvalue weighted by atomic mass is 9.85. The lowest BCUT2D eigenvalue weighted by Gasteiger charge is -2.34. The molecule has 2 rings (SSSR count). The minimum Gasteiger partial charge on any atom is -0.381 e. The van der Waals surface area contributed by atoms with Crippen LogP contribution in [0.25, 0.3) is 0 Å². The number of rotatable bonds is 3. The maximum absolute atomic E-state index is 6.11. The molecular weight excluding hydrogens is 202 g/mol. The Hall–Kier alpha value is -0.120. The molecule has 3 nitrogen and oxygen atoms in total. The summed E-state index contributed by atoms with van der Waals surface area (Å²) in [6.45, 7) is 4.99. The number of nitrogens with two attached hydrogens (primary N) is 1. The number of hydrogen-bond acceptors (Lipinski definition) is 3. The number of hydrogen-bond donors (Lipinski definition) is 1. The van der Waals surface area contributed by atoms with Crippen molar-refractivity contribution in [1.29, 1.82) is 0 Å². The lowest BCUT2D eigenvalue weighted by Crippen LogP contribution is -2.42. The average molecular weight is 227 g/mol. The smallest absolute Gasteiger partial charge is 0.0728 e. The Balaban J connectivity index is 1.71. The summed E-state index contributed by atoms with van der Waals surface area (Å²) >= 11 is 0. The molecule has 2 N–H and O–H groups in total. The quantitative estimate of drug-likeness (QED) is 0.801. The van der Waals surface area contributed by atoms with Crippen LogP contribution in [0.3, 0.4) is 0 Å². The summed E-state index contributed by atoms with van der Waals surface area (Å²) in [7, 11) is 0. The van der Waals surface area contributed by atoms with Gasteiger partial charge in [0, 0.05) is 19.3 Å². The van der Waals surface area contributed by atoms with Crippen LogP contribution in [-0.2, 0) is 9.47 Å². The molecule has 94 valence electrons. The van der Waals surface area contributed by atoms with Crippen molar-refractivity contribution in [2.75, 3.05) is 19.8 Å². The van der Waals surface area contributed by atoms with Crippen molar-refractivity contribution in [1.82, 2.24) is 0 Å². The molecular formula is C13H25NO2. The largest absolute Gasteiger partial charge is 0.381 e. The van der Waals surface area contributed by atoms with Crippen LogP contribution >= 0.6 is 0 Å². The molecule has 2 aliphatic rings. The van der Waals surface area contributed by atoms with Crippen molar-refractivity contribution in [3.05, 3.63) is 0 Å². The molecule has 1 heterocycles. The second-order valence-electron chi connectivity index (χ2n) is 5.51. The Morgan fingerprint density at radius 1 is 1.19 bits per heavy atom. The maximum Gasteiger partial charge on any atom is 0.0728 e. The van der Waals surface area contributed by atoms with Crippen molar-refractivity contribution in [3.8, 4) is 0 Å². The normalized spacial score (nSPS) is 37.5. The van der Waals surface area contributed by atoms with Gasteiger partial charge >= 0.3 is 0 Å². The van der Waals surface area contributed by atoms with Crippen LogP contribution in [0.5, 0.6) is 0 Å². The minimum atomic E-state index is 0.260. The number of ether oxygens (including phenoxy) is 2. The lowest BCUT2D eigenvalue weighted by molar-refractivity contribution is -0.0375. The highest BCUT2D eigenvalue weighted by molar-refractivity contribution is 4.82. The molecule has 3 atom stereocenters. The third-order valence-electron chi connectivity index (χ3n) is 3.99. The van der Waals surface area contributed by atoms with Crippen LogP contribution in [0.15, 0.2) is 0 Å². The van der Waals surface area contributed by atoms with Crippen LogP contribution in [0.1, 0.15) is 39.0 Å². The monoisotopic (exact) mass is 227 g/mol. The minimum absolute atomic E-state index is 0.260. The molecule has 1 aliphatic heterocycles. The van der Waals surface area contributed by atoms with Gasteiger partial charge in [-0.15, -0.1) is 0 Å². The van der Waals surface area contributed by atoms with E-state index in [1.54, 1.807) is 0 Å². The third-order valence-corrected chi connectivity index (χ3v) is 3.99. The van der Waals surface area contributed by atoms with Gasteiger partial charge < -0.3 is 15.2 Å². The van der Waals surface area contributed by atoms with Gasteiger partial charge in [0.2, 0.25) is 0 Å². The van der Waals surface area contributed by atoms with E-state index in [1.807, 2.05) is 0 Å². The highest BCUT2D eigenvalue weighted by Crippen LogP contribution is 2.26. The van der Waals surface area contributed by atoms with Crippen molar-refractivity contribution in [2.24, 2.45) is 17.6 Å². The summed E-state index contributed by atoms with van der Waals surface area (Å²) in [4.78, 5) is 0. The molecule has 0 aromatic heterocycles. The van der Waals surface area contributed by atoms with E-state index in [0.29, 0.717) is 12.0 Å². The second kappa shape index (κ2) is 5.99. The van der Waals surface area contributed by atoms with Gasteiger partial charge in [0.05, 0.1) is 12.7 Å². The van der Waals surface area contributed by atoms with Gasteiger partial charge in [0.25, 0.3) is 0 Å². The first kappa shape index (κ1) is 12.3. The first-order valence-corrected chi connectivity index (χ1v) is 6.70. The van der Waals surface area contributed by atoms with E-state index in [1.165, 1.54) is 6.42 Å². The Kier molecular flexibility index (Phi) is 4.62. The second-order valence-corrected chi connectivity index (χ2v) is 5.51. The summed E-state index contributed by atoms with van der Waals surface area (Å²) in [5, 5.41) is 0. The van der Waals surface area contributed by atoms with Gasteiger partial charge in [-0.25, -0.2) is 0 Å². The van der Waals surface area contributed by atoms with Crippen molar-refractivity contribution in [2.45, 2.75) is 51.2 Å². The highest BCUT2D eigenvalue weighted by atomic mass is 16.5. The summed E-state index contributed by atoms with van der Waals surface area (Å²) in [5.74, 6) is 1.47. The van der Waals surface area contributed by atoms with Crippen molar-refractivity contribution < 1.29 is 9.47 Å². The van der Waals surface area contributed by atoms with Crippen LogP contribution in [0, 0.1) is 11.8 Å². The fourth-order valence-corrected chi connectivity index (χ4v) is 2.72. The van der Waals surface area contributed by atoms with Crippen LogP contribution in [-0.4, -0.2) is 32.0 Å². The molecule has 0 aromatic carbocycles. The maximum atomic E-state index is 6.11. The summed E-state index contributed by atoms with van der Waals surface area (Å²) in [5.41, 5.74) is 6.11. The van der Waals surface area contributed by atoms with Gasteiger partial charge in [0.1, 0.15) is 0 Å².